The predicted molar refractivity (Wildman–Crippen MR) is 40.5 cm³/mol. The van der Waals surface area contributed by atoms with Crippen molar-refractivity contribution >= 4 is 0 Å². The third-order valence-corrected chi connectivity index (χ3v) is 1.23. The Morgan fingerprint density at radius 3 is 2.70 bits per heavy atom. The smallest absolute Gasteiger partial charge is 0.222 e. The van der Waals surface area contributed by atoms with Crippen LogP contribution in [0.15, 0.2) is 11.6 Å². The highest BCUT2D eigenvalue weighted by Gasteiger charge is 1.91. The molecule has 0 bridgehead atoms. The Labute approximate surface area is 60.9 Å². The van der Waals surface area contributed by atoms with Crippen LogP contribution < -0.4 is 0 Å². The van der Waals surface area contributed by atoms with Crippen LogP contribution in [0.5, 0.6) is 0 Å². The van der Waals surface area contributed by atoms with E-state index in [9.17, 15) is 10.1 Å². The van der Waals surface area contributed by atoms with E-state index in [4.69, 9.17) is 0 Å². The van der Waals surface area contributed by atoms with Crippen molar-refractivity contribution in [3.05, 3.63) is 21.8 Å². The summed E-state index contributed by atoms with van der Waals surface area (Å²) in [6.45, 7) is 3.95. The van der Waals surface area contributed by atoms with Gasteiger partial charge in [-0.05, 0) is 19.4 Å². The highest BCUT2D eigenvalue weighted by atomic mass is 16.6. The number of nitro groups is 1. The Hall–Kier alpha value is -0.860. The van der Waals surface area contributed by atoms with Gasteiger partial charge in [0.2, 0.25) is 6.54 Å². The minimum atomic E-state index is -0.320. The lowest BCUT2D eigenvalue weighted by Gasteiger charge is -1.93. The maximum Gasteiger partial charge on any atom is 0.222 e. The molecular formula is C7H13NO2. The van der Waals surface area contributed by atoms with Crippen LogP contribution in [0.2, 0.25) is 0 Å². The molecule has 0 unspecified atom stereocenters. The minimum absolute atomic E-state index is 0.0359. The fourth-order valence-corrected chi connectivity index (χ4v) is 0.727. The van der Waals surface area contributed by atoms with Gasteiger partial charge in [0.05, 0.1) is 0 Å². The number of hydrogen-bond donors (Lipinski definition) is 0. The molecule has 0 amide bonds. The minimum Gasteiger partial charge on any atom is -0.264 e. The summed E-state index contributed by atoms with van der Waals surface area (Å²) in [7, 11) is 0. The van der Waals surface area contributed by atoms with Crippen LogP contribution in [0, 0.1) is 10.1 Å². The molecule has 0 radical (unpaired) electrons. The second-order valence-corrected chi connectivity index (χ2v) is 2.32. The summed E-state index contributed by atoms with van der Waals surface area (Å²) in [4.78, 5) is 9.55. The average molecular weight is 143 g/mol. The molecular weight excluding hydrogens is 130 g/mol. The second-order valence-electron chi connectivity index (χ2n) is 2.32. The molecule has 0 aromatic carbocycles. The molecule has 0 heterocycles. The van der Waals surface area contributed by atoms with E-state index in [1.165, 1.54) is 0 Å². The lowest BCUT2D eigenvalue weighted by atomic mass is 10.2. The van der Waals surface area contributed by atoms with Crippen molar-refractivity contribution in [3.8, 4) is 0 Å². The Morgan fingerprint density at radius 1 is 1.70 bits per heavy atom. The molecule has 0 aromatic rings. The summed E-state index contributed by atoms with van der Waals surface area (Å²) in [6.07, 6.45) is 3.69. The van der Waals surface area contributed by atoms with Gasteiger partial charge in [0.1, 0.15) is 0 Å². The topological polar surface area (TPSA) is 43.1 Å². The molecule has 0 aliphatic heterocycles. The number of hydrogen-bond acceptors (Lipinski definition) is 2. The first-order valence-electron chi connectivity index (χ1n) is 3.44. The average Bonchev–Trinajstić information content (AvgIpc) is 1.85. The van der Waals surface area contributed by atoms with Crippen molar-refractivity contribution in [3.63, 3.8) is 0 Å². The van der Waals surface area contributed by atoms with Crippen LogP contribution in [0.4, 0.5) is 0 Å². The molecule has 0 fully saturated rings. The molecule has 3 heteroatoms. The van der Waals surface area contributed by atoms with Crippen molar-refractivity contribution in [2.45, 2.75) is 26.7 Å². The molecule has 0 aliphatic carbocycles. The quantitative estimate of drug-likeness (QED) is 0.343. The fraction of sp³-hybridized carbons (Fsp3) is 0.714. The summed E-state index contributed by atoms with van der Waals surface area (Å²) < 4.78 is 0. The van der Waals surface area contributed by atoms with Crippen molar-refractivity contribution in [2.24, 2.45) is 0 Å². The van der Waals surface area contributed by atoms with Crippen molar-refractivity contribution in [2.75, 3.05) is 6.54 Å². The second kappa shape index (κ2) is 4.97. The third-order valence-electron chi connectivity index (χ3n) is 1.23. The van der Waals surface area contributed by atoms with Crippen LogP contribution in [0.1, 0.15) is 26.7 Å². The first-order chi connectivity index (χ1) is 4.66. The van der Waals surface area contributed by atoms with E-state index in [0.717, 1.165) is 18.4 Å². The van der Waals surface area contributed by atoms with Gasteiger partial charge in [-0.25, -0.2) is 0 Å². The number of allylic oxidation sites excluding steroid dienone is 1. The van der Waals surface area contributed by atoms with Crippen LogP contribution in [-0.2, 0) is 0 Å². The highest BCUT2D eigenvalue weighted by molar-refractivity contribution is 4.96. The normalized spacial score (nSPS) is 11.6. The summed E-state index contributed by atoms with van der Waals surface area (Å²) in [5, 5.41) is 9.87. The van der Waals surface area contributed by atoms with Gasteiger partial charge < -0.3 is 0 Å². The summed E-state index contributed by atoms with van der Waals surface area (Å²) in [5.41, 5.74) is 1.11. The van der Waals surface area contributed by atoms with Gasteiger partial charge >= 0.3 is 0 Å². The monoisotopic (exact) mass is 143 g/mol. The lowest BCUT2D eigenvalue weighted by molar-refractivity contribution is -0.468. The Balaban J connectivity index is 3.57. The maximum absolute atomic E-state index is 9.87. The van der Waals surface area contributed by atoms with Crippen LogP contribution in [0.25, 0.3) is 0 Å². The first kappa shape index (κ1) is 9.14. The maximum atomic E-state index is 9.87. The molecule has 0 atom stereocenters. The largest absolute Gasteiger partial charge is 0.264 e. The lowest BCUT2D eigenvalue weighted by Crippen LogP contribution is -1.96. The SMILES string of the molecule is CCCC(C)=CC[N+](=O)[O-]. The summed E-state index contributed by atoms with van der Waals surface area (Å²) >= 11 is 0. The van der Waals surface area contributed by atoms with Gasteiger partial charge in [0.15, 0.2) is 0 Å². The number of nitrogens with zero attached hydrogens (tertiary/aromatic N) is 1. The summed E-state index contributed by atoms with van der Waals surface area (Å²) in [6, 6.07) is 0. The zero-order chi connectivity index (χ0) is 7.98. The van der Waals surface area contributed by atoms with E-state index in [2.05, 4.69) is 6.92 Å². The van der Waals surface area contributed by atoms with E-state index in [-0.39, 0.29) is 11.5 Å². The van der Waals surface area contributed by atoms with Crippen LogP contribution in [0.3, 0.4) is 0 Å². The van der Waals surface area contributed by atoms with Crippen molar-refractivity contribution < 1.29 is 4.92 Å². The molecule has 10 heavy (non-hydrogen) atoms. The Kier molecular flexibility index (Phi) is 4.54. The molecule has 58 valence electrons. The molecule has 0 N–H and O–H groups in total. The van der Waals surface area contributed by atoms with Crippen LogP contribution in [-0.4, -0.2) is 11.5 Å². The molecule has 0 aromatic heterocycles. The Bertz CT molecular complexity index is 141. The van der Waals surface area contributed by atoms with Crippen molar-refractivity contribution in [1.29, 1.82) is 0 Å². The van der Waals surface area contributed by atoms with E-state index >= 15 is 0 Å². The van der Waals surface area contributed by atoms with Crippen LogP contribution >= 0.6 is 0 Å². The van der Waals surface area contributed by atoms with Gasteiger partial charge in [-0.1, -0.05) is 18.9 Å². The molecule has 0 saturated carbocycles. The van der Waals surface area contributed by atoms with Gasteiger partial charge in [-0.3, -0.25) is 10.1 Å². The van der Waals surface area contributed by atoms with Gasteiger partial charge in [0.25, 0.3) is 0 Å². The fourth-order valence-electron chi connectivity index (χ4n) is 0.727. The van der Waals surface area contributed by atoms with E-state index in [0.29, 0.717) is 0 Å². The molecule has 0 aliphatic rings. The zero-order valence-electron chi connectivity index (χ0n) is 6.46. The van der Waals surface area contributed by atoms with E-state index < -0.39 is 0 Å². The van der Waals surface area contributed by atoms with E-state index in [1.54, 1.807) is 6.08 Å². The molecule has 3 nitrogen and oxygen atoms in total. The molecule has 0 rings (SSSR count). The third kappa shape index (κ3) is 5.28. The molecule has 0 spiro atoms. The van der Waals surface area contributed by atoms with Gasteiger partial charge in [-0.2, -0.15) is 0 Å². The van der Waals surface area contributed by atoms with Gasteiger partial charge in [-0.15, -0.1) is 0 Å². The van der Waals surface area contributed by atoms with Crippen molar-refractivity contribution in [1.82, 2.24) is 0 Å². The van der Waals surface area contributed by atoms with E-state index in [1.807, 2.05) is 6.92 Å². The highest BCUT2D eigenvalue weighted by Crippen LogP contribution is 2.01. The molecule has 0 saturated heterocycles. The zero-order valence-corrected chi connectivity index (χ0v) is 6.46. The number of rotatable bonds is 4. The first-order valence-corrected chi connectivity index (χ1v) is 3.44. The standard InChI is InChI=1S/C7H13NO2/c1-3-4-7(2)5-6-8(9)10/h5H,3-4,6H2,1-2H3. The Morgan fingerprint density at radius 2 is 2.30 bits per heavy atom. The van der Waals surface area contributed by atoms with Gasteiger partial charge in [0, 0.05) is 4.92 Å². The predicted octanol–water partition coefficient (Wildman–Crippen LogP) is 2.01. The summed E-state index contributed by atoms with van der Waals surface area (Å²) in [5.74, 6) is 0.